The van der Waals surface area contributed by atoms with E-state index in [4.69, 9.17) is 4.74 Å². The number of carbonyl (C=O) groups is 1. The van der Waals surface area contributed by atoms with E-state index in [9.17, 15) is 4.79 Å². The topological polar surface area (TPSA) is 46.8 Å². The highest BCUT2D eigenvalue weighted by Gasteiger charge is 2.33. The third-order valence-electron chi connectivity index (χ3n) is 3.52. The lowest BCUT2D eigenvalue weighted by molar-refractivity contribution is -0.000990. The van der Waals surface area contributed by atoms with E-state index in [1.54, 1.807) is 4.90 Å². The monoisotopic (exact) mass is 287 g/mol. The van der Waals surface area contributed by atoms with Gasteiger partial charge in [-0.1, -0.05) is 6.07 Å². The van der Waals surface area contributed by atoms with Crippen LogP contribution in [0.15, 0.2) is 30.6 Å². The van der Waals surface area contributed by atoms with E-state index in [0.29, 0.717) is 5.92 Å². The number of carbonyl (C=O) groups excluding carboxylic acids is 1. The largest absolute Gasteiger partial charge is 0.444 e. The van der Waals surface area contributed by atoms with E-state index in [-0.39, 0.29) is 6.09 Å². The summed E-state index contributed by atoms with van der Waals surface area (Å²) in [7, 11) is 0. The van der Waals surface area contributed by atoms with Crippen LogP contribution in [-0.4, -0.2) is 39.1 Å². The number of fused-ring (bicyclic) bond motifs is 1. The predicted octanol–water partition coefficient (Wildman–Crippen LogP) is 2.74. The van der Waals surface area contributed by atoms with Gasteiger partial charge in [-0.25, -0.2) is 9.78 Å². The summed E-state index contributed by atoms with van der Waals surface area (Å²) < 4.78 is 7.38. The number of amides is 1. The van der Waals surface area contributed by atoms with Gasteiger partial charge in [0, 0.05) is 25.5 Å². The predicted molar refractivity (Wildman–Crippen MR) is 80.2 cm³/mol. The van der Waals surface area contributed by atoms with Crippen molar-refractivity contribution < 1.29 is 9.53 Å². The summed E-state index contributed by atoms with van der Waals surface area (Å²) in [5.41, 5.74) is 1.62. The highest BCUT2D eigenvalue weighted by molar-refractivity contribution is 5.69. The van der Waals surface area contributed by atoms with Gasteiger partial charge in [-0.2, -0.15) is 0 Å². The zero-order chi connectivity index (χ0) is 15.0. The van der Waals surface area contributed by atoms with Gasteiger partial charge in [0.1, 0.15) is 11.2 Å². The summed E-state index contributed by atoms with van der Waals surface area (Å²) in [6, 6.07) is 5.98. The van der Waals surface area contributed by atoms with E-state index in [2.05, 4.69) is 11.2 Å². The number of hydrogen-bond acceptors (Lipinski definition) is 3. The van der Waals surface area contributed by atoms with Gasteiger partial charge in [0.2, 0.25) is 0 Å². The van der Waals surface area contributed by atoms with Gasteiger partial charge in [-0.15, -0.1) is 0 Å². The highest BCUT2D eigenvalue weighted by atomic mass is 16.6. The second kappa shape index (κ2) is 5.06. The molecule has 5 nitrogen and oxygen atoms in total. The molecule has 3 rings (SSSR count). The van der Waals surface area contributed by atoms with Crippen LogP contribution in [0.5, 0.6) is 0 Å². The normalized spacial score (nSPS) is 16.0. The molecule has 0 saturated carbocycles. The molecule has 0 bridgehead atoms. The Balaban J connectivity index is 1.54. The Kier molecular flexibility index (Phi) is 3.35. The molecule has 0 aliphatic carbocycles. The van der Waals surface area contributed by atoms with Crippen LogP contribution in [0.3, 0.4) is 0 Å². The van der Waals surface area contributed by atoms with Gasteiger partial charge in [-0.3, -0.25) is 0 Å². The van der Waals surface area contributed by atoms with Gasteiger partial charge in [0.25, 0.3) is 0 Å². The number of aromatic nitrogens is 2. The maximum absolute atomic E-state index is 11.9. The van der Waals surface area contributed by atoms with E-state index in [1.807, 2.05) is 49.6 Å². The molecule has 1 saturated heterocycles. The minimum Gasteiger partial charge on any atom is -0.444 e. The summed E-state index contributed by atoms with van der Waals surface area (Å²) >= 11 is 0. The number of ether oxygens (including phenoxy) is 1. The minimum absolute atomic E-state index is 0.214. The molecule has 5 heteroatoms. The molecule has 0 N–H and O–H groups in total. The summed E-state index contributed by atoms with van der Waals surface area (Å²) in [6.45, 7) is 7.17. The maximum Gasteiger partial charge on any atom is 0.410 e. The van der Waals surface area contributed by atoms with Crippen molar-refractivity contribution in [2.45, 2.75) is 32.8 Å². The molecule has 0 spiro atoms. The molecule has 1 fully saturated rings. The van der Waals surface area contributed by atoms with E-state index in [0.717, 1.165) is 30.9 Å². The maximum atomic E-state index is 11.9. The van der Waals surface area contributed by atoms with Crippen LogP contribution in [0.1, 0.15) is 26.5 Å². The lowest BCUT2D eigenvalue weighted by atomic mass is 9.95. The first-order valence-corrected chi connectivity index (χ1v) is 7.31. The quantitative estimate of drug-likeness (QED) is 0.853. The van der Waals surface area contributed by atoms with Gasteiger partial charge < -0.3 is 14.0 Å². The third kappa shape index (κ3) is 3.17. The first-order valence-electron chi connectivity index (χ1n) is 7.31. The van der Waals surface area contributed by atoms with Gasteiger partial charge in [-0.05, 0) is 45.2 Å². The van der Waals surface area contributed by atoms with Crippen molar-refractivity contribution >= 4 is 11.7 Å². The molecule has 0 radical (unpaired) electrons. The molecule has 21 heavy (non-hydrogen) atoms. The van der Waals surface area contributed by atoms with Crippen LogP contribution in [0.25, 0.3) is 5.65 Å². The molecule has 112 valence electrons. The molecule has 2 aromatic heterocycles. The second-order valence-electron chi connectivity index (χ2n) is 6.65. The first-order chi connectivity index (χ1) is 9.90. The fourth-order valence-electron chi connectivity index (χ4n) is 2.56. The fourth-order valence-corrected chi connectivity index (χ4v) is 2.56. The molecule has 0 aromatic carbocycles. The molecule has 0 unspecified atom stereocenters. The minimum atomic E-state index is -0.427. The summed E-state index contributed by atoms with van der Waals surface area (Å²) in [6.07, 6.45) is 4.75. The molecule has 1 aliphatic rings. The van der Waals surface area contributed by atoms with Crippen LogP contribution in [0, 0.1) is 5.92 Å². The standard InChI is InChI=1S/C16H21N3O2/c1-16(2,3)21-15(20)19-9-12(10-19)8-13-11-18-7-5-4-6-14(18)17-13/h4-7,11-12H,8-10H2,1-3H3. The summed E-state index contributed by atoms with van der Waals surface area (Å²) in [4.78, 5) is 18.2. The number of imidazole rings is 1. The number of nitrogens with zero attached hydrogens (tertiary/aromatic N) is 3. The molecular formula is C16H21N3O2. The Bertz CT molecular complexity index is 618. The Hall–Kier alpha value is -2.04. The molecule has 1 aliphatic heterocycles. The second-order valence-corrected chi connectivity index (χ2v) is 6.65. The van der Waals surface area contributed by atoms with Crippen LogP contribution in [0.4, 0.5) is 4.79 Å². The summed E-state index contributed by atoms with van der Waals surface area (Å²) in [5.74, 6) is 0.474. The number of hydrogen-bond donors (Lipinski definition) is 0. The molecular weight excluding hydrogens is 266 g/mol. The van der Waals surface area contributed by atoms with Crippen molar-refractivity contribution in [2.24, 2.45) is 5.92 Å². The first kappa shape index (κ1) is 13.9. The average Bonchev–Trinajstić information content (AvgIpc) is 2.73. The molecule has 3 heterocycles. The lowest BCUT2D eigenvalue weighted by Gasteiger charge is -2.39. The smallest absolute Gasteiger partial charge is 0.410 e. The van der Waals surface area contributed by atoms with Crippen molar-refractivity contribution in [1.29, 1.82) is 0 Å². The Morgan fingerprint density at radius 1 is 1.38 bits per heavy atom. The van der Waals surface area contributed by atoms with E-state index < -0.39 is 5.60 Å². The van der Waals surface area contributed by atoms with Crippen LogP contribution in [0.2, 0.25) is 0 Å². The van der Waals surface area contributed by atoms with Gasteiger partial charge in [0.15, 0.2) is 0 Å². The van der Waals surface area contributed by atoms with E-state index >= 15 is 0 Å². The Labute approximate surface area is 124 Å². The number of likely N-dealkylation sites (tertiary alicyclic amines) is 1. The summed E-state index contributed by atoms with van der Waals surface area (Å²) in [5, 5.41) is 0. The van der Waals surface area contributed by atoms with Crippen molar-refractivity contribution in [3.8, 4) is 0 Å². The third-order valence-corrected chi connectivity index (χ3v) is 3.52. The van der Waals surface area contributed by atoms with Crippen LogP contribution < -0.4 is 0 Å². The number of pyridine rings is 1. The Morgan fingerprint density at radius 2 is 2.14 bits per heavy atom. The Morgan fingerprint density at radius 3 is 2.81 bits per heavy atom. The lowest BCUT2D eigenvalue weighted by Crippen LogP contribution is -2.52. The van der Waals surface area contributed by atoms with Gasteiger partial charge in [0.05, 0.1) is 5.69 Å². The average molecular weight is 287 g/mol. The van der Waals surface area contributed by atoms with Gasteiger partial charge >= 0.3 is 6.09 Å². The highest BCUT2D eigenvalue weighted by Crippen LogP contribution is 2.22. The molecule has 1 amide bonds. The van der Waals surface area contributed by atoms with Crippen LogP contribution in [-0.2, 0) is 11.2 Å². The van der Waals surface area contributed by atoms with Crippen molar-refractivity contribution in [3.05, 3.63) is 36.3 Å². The number of rotatable bonds is 2. The molecule has 2 aromatic rings. The fraction of sp³-hybridized carbons (Fsp3) is 0.500. The van der Waals surface area contributed by atoms with E-state index in [1.165, 1.54) is 0 Å². The van der Waals surface area contributed by atoms with Crippen molar-refractivity contribution in [3.63, 3.8) is 0 Å². The zero-order valence-electron chi connectivity index (χ0n) is 12.7. The van der Waals surface area contributed by atoms with Crippen LogP contribution >= 0.6 is 0 Å². The SMILES string of the molecule is CC(C)(C)OC(=O)N1CC(Cc2cn3ccccc3n2)C1. The molecule has 0 atom stereocenters. The van der Waals surface area contributed by atoms with Crippen molar-refractivity contribution in [2.75, 3.05) is 13.1 Å². The zero-order valence-corrected chi connectivity index (χ0v) is 12.7. The van der Waals surface area contributed by atoms with Crippen molar-refractivity contribution in [1.82, 2.24) is 14.3 Å².